The third kappa shape index (κ3) is 3.37. The summed E-state index contributed by atoms with van der Waals surface area (Å²) in [6, 6.07) is 9.97. The first-order valence-electron chi connectivity index (χ1n) is 7.00. The maximum Gasteiger partial charge on any atom is 0.126 e. The predicted octanol–water partition coefficient (Wildman–Crippen LogP) is 3.48. The summed E-state index contributed by atoms with van der Waals surface area (Å²) in [6.07, 6.45) is 5.58. The van der Waals surface area contributed by atoms with Gasteiger partial charge in [0.1, 0.15) is 10.8 Å². The summed E-state index contributed by atoms with van der Waals surface area (Å²) in [5.41, 5.74) is 7.51. The summed E-state index contributed by atoms with van der Waals surface area (Å²) in [5.74, 6) is 0.890. The first kappa shape index (κ1) is 14.0. The molecule has 0 atom stereocenters. The van der Waals surface area contributed by atoms with Crippen molar-refractivity contribution in [2.75, 3.05) is 13.2 Å². The number of ether oxygens (including phenoxy) is 1. The van der Waals surface area contributed by atoms with Crippen LogP contribution in [0.4, 0.5) is 0 Å². The second-order valence-electron chi connectivity index (χ2n) is 4.73. The fourth-order valence-electron chi connectivity index (χ4n) is 2.04. The number of nitrogens with two attached hydrogens (primary N) is 1. The lowest BCUT2D eigenvalue weighted by Gasteiger charge is -2.04. The third-order valence-electron chi connectivity index (χ3n) is 3.14. The molecule has 0 aliphatic rings. The largest absolute Gasteiger partial charge is 0.494 e. The van der Waals surface area contributed by atoms with Gasteiger partial charge < -0.3 is 10.5 Å². The normalized spacial score (nSPS) is 10.9. The van der Waals surface area contributed by atoms with E-state index < -0.39 is 0 Å². The van der Waals surface area contributed by atoms with Gasteiger partial charge in [-0.15, -0.1) is 11.3 Å². The van der Waals surface area contributed by atoms with Crippen LogP contribution in [-0.4, -0.2) is 23.1 Å². The molecule has 1 aromatic carbocycles. The Morgan fingerprint density at radius 3 is 2.95 bits per heavy atom. The molecule has 4 nitrogen and oxygen atoms in total. The van der Waals surface area contributed by atoms with Crippen molar-refractivity contribution < 1.29 is 4.74 Å². The summed E-state index contributed by atoms with van der Waals surface area (Å²) in [7, 11) is 0. The predicted molar refractivity (Wildman–Crippen MR) is 86.6 cm³/mol. The maximum absolute atomic E-state index is 5.74. The highest BCUT2D eigenvalue weighted by Gasteiger charge is 2.07. The van der Waals surface area contributed by atoms with Crippen LogP contribution in [0.5, 0.6) is 5.75 Å². The second-order valence-corrected chi connectivity index (χ2v) is 5.77. The Balaban J connectivity index is 1.79. The van der Waals surface area contributed by atoms with Crippen molar-refractivity contribution in [1.29, 1.82) is 0 Å². The van der Waals surface area contributed by atoms with Crippen LogP contribution in [0.25, 0.3) is 20.8 Å². The highest BCUT2D eigenvalue weighted by Crippen LogP contribution is 2.31. The van der Waals surface area contributed by atoms with Gasteiger partial charge in [-0.25, -0.2) is 4.98 Å². The summed E-state index contributed by atoms with van der Waals surface area (Å²) in [4.78, 5) is 8.78. The van der Waals surface area contributed by atoms with E-state index in [1.54, 1.807) is 17.5 Å². The molecule has 0 amide bonds. The molecule has 0 aliphatic carbocycles. The van der Waals surface area contributed by atoms with Crippen LogP contribution in [0.2, 0.25) is 0 Å². The lowest BCUT2D eigenvalue weighted by Crippen LogP contribution is -2.03. The van der Waals surface area contributed by atoms with Gasteiger partial charge in [0.25, 0.3) is 0 Å². The Morgan fingerprint density at radius 2 is 2.14 bits per heavy atom. The fraction of sp³-hybridized carbons (Fsp3) is 0.250. The summed E-state index contributed by atoms with van der Waals surface area (Å²) in [5, 5.41) is 0.985. The van der Waals surface area contributed by atoms with Crippen LogP contribution >= 0.6 is 11.3 Å². The minimum absolute atomic E-state index is 0.705. The van der Waals surface area contributed by atoms with E-state index in [0.29, 0.717) is 13.2 Å². The SMILES string of the molecule is NCCCCOc1ccc2nc(-c3cccnc3)sc2c1. The molecule has 0 saturated heterocycles. The van der Waals surface area contributed by atoms with E-state index >= 15 is 0 Å². The molecule has 3 aromatic rings. The van der Waals surface area contributed by atoms with E-state index in [-0.39, 0.29) is 0 Å². The zero-order valence-electron chi connectivity index (χ0n) is 11.7. The van der Waals surface area contributed by atoms with E-state index in [1.165, 1.54) is 0 Å². The van der Waals surface area contributed by atoms with Gasteiger partial charge in [0, 0.05) is 18.0 Å². The Hall–Kier alpha value is -1.98. The quantitative estimate of drug-likeness (QED) is 0.708. The van der Waals surface area contributed by atoms with Crippen LogP contribution < -0.4 is 10.5 Å². The Morgan fingerprint density at radius 1 is 1.19 bits per heavy atom. The number of hydrogen-bond donors (Lipinski definition) is 1. The molecule has 21 heavy (non-hydrogen) atoms. The van der Waals surface area contributed by atoms with Gasteiger partial charge in [0.15, 0.2) is 0 Å². The van der Waals surface area contributed by atoms with E-state index in [9.17, 15) is 0 Å². The summed E-state index contributed by atoms with van der Waals surface area (Å²) < 4.78 is 6.87. The zero-order chi connectivity index (χ0) is 14.5. The first-order valence-corrected chi connectivity index (χ1v) is 7.82. The standard InChI is InChI=1S/C16H17N3OS/c17-7-1-2-9-20-13-5-6-14-15(10-13)21-16(19-14)12-4-3-8-18-11-12/h3-6,8,10-11H,1-2,7,9,17H2. The first-order chi connectivity index (χ1) is 10.4. The van der Waals surface area contributed by atoms with Crippen molar-refractivity contribution in [2.24, 2.45) is 5.73 Å². The smallest absolute Gasteiger partial charge is 0.126 e. The minimum Gasteiger partial charge on any atom is -0.494 e. The molecule has 0 fully saturated rings. The molecule has 2 aromatic heterocycles. The molecule has 0 aliphatic heterocycles. The minimum atomic E-state index is 0.705. The summed E-state index contributed by atoms with van der Waals surface area (Å²) >= 11 is 1.66. The molecule has 108 valence electrons. The highest BCUT2D eigenvalue weighted by atomic mass is 32.1. The number of hydrogen-bond acceptors (Lipinski definition) is 5. The van der Waals surface area contributed by atoms with Crippen molar-refractivity contribution in [3.8, 4) is 16.3 Å². The molecule has 5 heteroatoms. The van der Waals surface area contributed by atoms with E-state index in [1.807, 2.05) is 30.5 Å². The average molecular weight is 299 g/mol. The number of aromatic nitrogens is 2. The van der Waals surface area contributed by atoms with Gasteiger partial charge in [-0.2, -0.15) is 0 Å². The maximum atomic E-state index is 5.74. The second kappa shape index (κ2) is 6.65. The van der Waals surface area contributed by atoms with Crippen molar-refractivity contribution >= 4 is 21.6 Å². The average Bonchev–Trinajstić information content (AvgIpc) is 2.96. The van der Waals surface area contributed by atoms with Crippen molar-refractivity contribution in [1.82, 2.24) is 9.97 Å². The lowest BCUT2D eigenvalue weighted by molar-refractivity contribution is 0.308. The molecular weight excluding hydrogens is 282 g/mol. The number of thiazole rings is 1. The highest BCUT2D eigenvalue weighted by molar-refractivity contribution is 7.21. The van der Waals surface area contributed by atoms with Crippen molar-refractivity contribution in [3.05, 3.63) is 42.7 Å². The van der Waals surface area contributed by atoms with Crippen LogP contribution in [0.15, 0.2) is 42.7 Å². The fourth-order valence-corrected chi connectivity index (χ4v) is 3.03. The van der Waals surface area contributed by atoms with Gasteiger partial charge >= 0.3 is 0 Å². The Kier molecular flexibility index (Phi) is 4.43. The molecule has 0 saturated carbocycles. The lowest BCUT2D eigenvalue weighted by atomic mass is 10.3. The van der Waals surface area contributed by atoms with E-state index in [0.717, 1.165) is 39.4 Å². The molecule has 0 unspecified atom stereocenters. The zero-order valence-corrected chi connectivity index (χ0v) is 12.5. The van der Waals surface area contributed by atoms with Crippen LogP contribution in [0, 0.1) is 0 Å². The topological polar surface area (TPSA) is 61.0 Å². The Bertz CT molecular complexity index is 712. The molecule has 2 heterocycles. The van der Waals surface area contributed by atoms with Gasteiger partial charge in [0.05, 0.1) is 16.8 Å². The van der Waals surface area contributed by atoms with Crippen molar-refractivity contribution in [2.45, 2.75) is 12.8 Å². The number of nitrogens with zero attached hydrogens (tertiary/aromatic N) is 2. The number of pyridine rings is 1. The number of benzene rings is 1. The van der Waals surface area contributed by atoms with Gasteiger partial charge in [0.2, 0.25) is 0 Å². The number of rotatable bonds is 6. The molecule has 0 radical (unpaired) electrons. The molecule has 0 spiro atoms. The summed E-state index contributed by atoms with van der Waals surface area (Å²) in [6.45, 7) is 1.42. The van der Waals surface area contributed by atoms with Crippen LogP contribution in [0.1, 0.15) is 12.8 Å². The molecule has 2 N–H and O–H groups in total. The van der Waals surface area contributed by atoms with E-state index in [2.05, 4.69) is 16.0 Å². The van der Waals surface area contributed by atoms with Crippen molar-refractivity contribution in [3.63, 3.8) is 0 Å². The van der Waals surface area contributed by atoms with Gasteiger partial charge in [-0.1, -0.05) is 0 Å². The van der Waals surface area contributed by atoms with E-state index in [4.69, 9.17) is 10.5 Å². The molecular formula is C16H17N3OS. The number of unbranched alkanes of at least 4 members (excludes halogenated alkanes) is 1. The van der Waals surface area contributed by atoms with Gasteiger partial charge in [-0.3, -0.25) is 4.98 Å². The number of fused-ring (bicyclic) bond motifs is 1. The Labute approximate surface area is 127 Å². The molecule has 0 bridgehead atoms. The van der Waals surface area contributed by atoms with Gasteiger partial charge in [-0.05, 0) is 49.7 Å². The monoisotopic (exact) mass is 299 g/mol. The third-order valence-corrected chi connectivity index (χ3v) is 4.20. The molecule has 3 rings (SSSR count). The van der Waals surface area contributed by atoms with Crippen LogP contribution in [-0.2, 0) is 0 Å². The van der Waals surface area contributed by atoms with Crippen LogP contribution in [0.3, 0.4) is 0 Å².